The average Bonchev–Trinajstić information content (AvgIpc) is 2.38. The summed E-state index contributed by atoms with van der Waals surface area (Å²) in [5, 5.41) is 20.4. The van der Waals surface area contributed by atoms with Crippen LogP contribution in [0.1, 0.15) is 51.2 Å². The largest absolute Gasteiger partial charge is 0.493 e. The van der Waals surface area contributed by atoms with Crippen molar-refractivity contribution in [2.75, 3.05) is 6.61 Å². The third kappa shape index (κ3) is 4.87. The molecule has 0 aliphatic heterocycles. The molecule has 0 unspecified atom stereocenters. The van der Waals surface area contributed by atoms with Crippen LogP contribution in [0.25, 0.3) is 0 Å². The number of nitro benzene ring substituents is 1. The SMILES string of the molecule is CCCCCCOc1ccc([N+](=O)[O-])cc1[C@@H](C)O. The van der Waals surface area contributed by atoms with Crippen LogP contribution in [0.5, 0.6) is 5.75 Å². The lowest BCUT2D eigenvalue weighted by atomic mass is 10.1. The van der Waals surface area contributed by atoms with Gasteiger partial charge in [0.05, 0.1) is 17.6 Å². The molecule has 19 heavy (non-hydrogen) atoms. The molecule has 1 aromatic rings. The lowest BCUT2D eigenvalue weighted by molar-refractivity contribution is -0.385. The fourth-order valence-electron chi connectivity index (χ4n) is 1.82. The fourth-order valence-corrected chi connectivity index (χ4v) is 1.82. The van der Waals surface area contributed by atoms with E-state index in [1.807, 2.05) is 0 Å². The van der Waals surface area contributed by atoms with Crippen molar-refractivity contribution in [2.24, 2.45) is 0 Å². The summed E-state index contributed by atoms with van der Waals surface area (Å²) in [6.07, 6.45) is 3.60. The van der Waals surface area contributed by atoms with Crippen LogP contribution in [0.2, 0.25) is 0 Å². The molecular weight excluding hydrogens is 246 g/mol. The van der Waals surface area contributed by atoms with E-state index < -0.39 is 11.0 Å². The molecule has 5 heteroatoms. The summed E-state index contributed by atoms with van der Waals surface area (Å²) in [5.41, 5.74) is 0.430. The second kappa shape index (κ2) is 7.74. The lowest BCUT2D eigenvalue weighted by Crippen LogP contribution is -2.03. The second-order valence-electron chi connectivity index (χ2n) is 4.56. The first-order valence-electron chi connectivity index (χ1n) is 6.65. The van der Waals surface area contributed by atoms with E-state index in [4.69, 9.17) is 4.74 Å². The van der Waals surface area contributed by atoms with Gasteiger partial charge in [0, 0.05) is 17.7 Å². The molecule has 0 aliphatic carbocycles. The van der Waals surface area contributed by atoms with Crippen molar-refractivity contribution in [3.63, 3.8) is 0 Å². The van der Waals surface area contributed by atoms with Crippen LogP contribution in [0.3, 0.4) is 0 Å². The van der Waals surface area contributed by atoms with Crippen LogP contribution in [0.4, 0.5) is 5.69 Å². The fraction of sp³-hybridized carbons (Fsp3) is 0.571. The van der Waals surface area contributed by atoms with Gasteiger partial charge in [0.1, 0.15) is 5.75 Å². The van der Waals surface area contributed by atoms with Gasteiger partial charge in [-0.25, -0.2) is 0 Å². The molecule has 1 rings (SSSR count). The molecule has 0 bridgehead atoms. The number of aliphatic hydroxyl groups is 1. The Morgan fingerprint density at radius 2 is 2.11 bits per heavy atom. The molecule has 1 atom stereocenters. The van der Waals surface area contributed by atoms with Gasteiger partial charge >= 0.3 is 0 Å². The van der Waals surface area contributed by atoms with Crippen LogP contribution in [0, 0.1) is 10.1 Å². The Balaban J connectivity index is 2.69. The maximum absolute atomic E-state index is 10.7. The number of hydrogen-bond acceptors (Lipinski definition) is 4. The minimum atomic E-state index is -0.787. The standard InChI is InChI=1S/C14H21NO4/c1-3-4-5-6-9-19-14-8-7-12(15(17)18)10-13(14)11(2)16/h7-8,10-11,16H,3-6,9H2,1-2H3/t11-/m1/s1. The maximum atomic E-state index is 10.7. The van der Waals surface area contributed by atoms with Gasteiger partial charge in [0.2, 0.25) is 0 Å². The summed E-state index contributed by atoms with van der Waals surface area (Å²) in [6.45, 7) is 4.28. The van der Waals surface area contributed by atoms with Crippen molar-refractivity contribution < 1.29 is 14.8 Å². The number of nitro groups is 1. The van der Waals surface area contributed by atoms with E-state index in [0.717, 1.165) is 19.3 Å². The van der Waals surface area contributed by atoms with Gasteiger partial charge in [-0.2, -0.15) is 0 Å². The third-order valence-corrected chi connectivity index (χ3v) is 2.91. The average molecular weight is 267 g/mol. The molecule has 1 aromatic carbocycles. The van der Waals surface area contributed by atoms with E-state index in [1.165, 1.54) is 18.6 Å². The molecule has 0 aliphatic rings. The quantitative estimate of drug-likeness (QED) is 0.443. The summed E-state index contributed by atoms with van der Waals surface area (Å²) >= 11 is 0. The highest BCUT2D eigenvalue weighted by atomic mass is 16.6. The smallest absolute Gasteiger partial charge is 0.270 e. The maximum Gasteiger partial charge on any atom is 0.270 e. The summed E-state index contributed by atoms with van der Waals surface area (Å²) in [4.78, 5) is 10.2. The van der Waals surface area contributed by atoms with Gasteiger partial charge in [0.25, 0.3) is 5.69 Å². The van der Waals surface area contributed by atoms with E-state index in [2.05, 4.69) is 6.92 Å². The molecule has 0 saturated carbocycles. The number of non-ortho nitro benzene ring substituents is 1. The van der Waals surface area contributed by atoms with Gasteiger partial charge in [-0.15, -0.1) is 0 Å². The number of aliphatic hydroxyl groups excluding tert-OH is 1. The summed E-state index contributed by atoms with van der Waals surface area (Å²) < 4.78 is 5.60. The van der Waals surface area contributed by atoms with Crippen molar-refractivity contribution in [3.8, 4) is 5.75 Å². The summed E-state index contributed by atoms with van der Waals surface area (Å²) in [5.74, 6) is 0.525. The van der Waals surface area contributed by atoms with E-state index in [0.29, 0.717) is 17.9 Å². The zero-order valence-corrected chi connectivity index (χ0v) is 11.5. The Labute approximate surface area is 113 Å². The lowest BCUT2D eigenvalue weighted by Gasteiger charge is -2.13. The molecule has 106 valence electrons. The van der Waals surface area contributed by atoms with Gasteiger partial charge in [-0.1, -0.05) is 26.2 Å². The molecular formula is C14H21NO4. The van der Waals surface area contributed by atoms with Gasteiger partial charge in [-0.3, -0.25) is 10.1 Å². The van der Waals surface area contributed by atoms with Gasteiger partial charge in [0.15, 0.2) is 0 Å². The molecule has 0 saturated heterocycles. The molecule has 0 spiro atoms. The van der Waals surface area contributed by atoms with E-state index in [9.17, 15) is 15.2 Å². The molecule has 0 heterocycles. The number of hydrogen-bond donors (Lipinski definition) is 1. The molecule has 0 radical (unpaired) electrons. The number of unbranched alkanes of at least 4 members (excludes halogenated alkanes) is 3. The molecule has 0 amide bonds. The summed E-state index contributed by atoms with van der Waals surface area (Å²) in [6, 6.07) is 4.32. The molecule has 0 aromatic heterocycles. The zero-order valence-electron chi connectivity index (χ0n) is 11.5. The van der Waals surface area contributed by atoms with Crippen molar-refractivity contribution in [1.29, 1.82) is 0 Å². The highest BCUT2D eigenvalue weighted by molar-refractivity contribution is 5.44. The number of benzene rings is 1. The van der Waals surface area contributed by atoms with Crippen molar-refractivity contribution in [2.45, 2.75) is 45.6 Å². The van der Waals surface area contributed by atoms with E-state index >= 15 is 0 Å². The Bertz CT molecular complexity index is 418. The predicted molar refractivity (Wildman–Crippen MR) is 73.4 cm³/mol. The van der Waals surface area contributed by atoms with Crippen molar-refractivity contribution in [3.05, 3.63) is 33.9 Å². The first kappa shape index (κ1) is 15.4. The monoisotopic (exact) mass is 267 g/mol. The molecule has 1 N–H and O–H groups in total. The van der Waals surface area contributed by atoms with Gasteiger partial charge in [-0.05, 0) is 19.4 Å². The topological polar surface area (TPSA) is 72.6 Å². The minimum Gasteiger partial charge on any atom is -0.493 e. The van der Waals surface area contributed by atoms with E-state index in [1.54, 1.807) is 13.0 Å². The third-order valence-electron chi connectivity index (χ3n) is 2.91. The Hall–Kier alpha value is -1.62. The number of nitrogens with zero attached hydrogens (tertiary/aromatic N) is 1. The van der Waals surface area contributed by atoms with Gasteiger partial charge < -0.3 is 9.84 Å². The van der Waals surface area contributed by atoms with Crippen LogP contribution in [-0.4, -0.2) is 16.6 Å². The van der Waals surface area contributed by atoms with E-state index in [-0.39, 0.29) is 5.69 Å². The van der Waals surface area contributed by atoms with Crippen molar-refractivity contribution >= 4 is 5.69 Å². The first-order valence-corrected chi connectivity index (χ1v) is 6.65. The number of ether oxygens (including phenoxy) is 1. The minimum absolute atomic E-state index is 0.0331. The summed E-state index contributed by atoms with van der Waals surface area (Å²) in [7, 11) is 0. The van der Waals surface area contributed by atoms with Crippen molar-refractivity contribution in [1.82, 2.24) is 0 Å². The molecule has 5 nitrogen and oxygen atoms in total. The Morgan fingerprint density at radius 3 is 2.68 bits per heavy atom. The van der Waals surface area contributed by atoms with Crippen LogP contribution >= 0.6 is 0 Å². The highest BCUT2D eigenvalue weighted by Gasteiger charge is 2.15. The zero-order chi connectivity index (χ0) is 14.3. The number of rotatable bonds is 8. The normalized spacial score (nSPS) is 12.2. The highest BCUT2D eigenvalue weighted by Crippen LogP contribution is 2.29. The second-order valence-corrected chi connectivity index (χ2v) is 4.56. The first-order chi connectivity index (χ1) is 9.06. The van der Waals surface area contributed by atoms with Crippen LogP contribution < -0.4 is 4.74 Å². The molecule has 0 fully saturated rings. The Kier molecular flexibility index (Phi) is 6.29. The Morgan fingerprint density at radius 1 is 1.37 bits per heavy atom. The predicted octanol–water partition coefficient (Wildman–Crippen LogP) is 3.61. The van der Waals surface area contributed by atoms with Crippen LogP contribution in [-0.2, 0) is 0 Å². The van der Waals surface area contributed by atoms with Crippen LogP contribution in [0.15, 0.2) is 18.2 Å².